The maximum absolute atomic E-state index is 3.72. The molecule has 0 aliphatic heterocycles. The van der Waals surface area contributed by atoms with Gasteiger partial charge in [0.05, 0.1) is 6.04 Å². The number of hydrogen-bond acceptors (Lipinski definition) is 1. The first-order valence-corrected chi connectivity index (χ1v) is 8.93. The SMILES string of the molecule is c1ccc(NC(c2ccccc2)c2ccccc2-c2ccccc2)cc1. The molecule has 4 rings (SSSR count). The van der Waals surface area contributed by atoms with E-state index in [4.69, 9.17) is 0 Å². The molecule has 126 valence electrons. The Morgan fingerprint density at radius 3 is 1.73 bits per heavy atom. The summed E-state index contributed by atoms with van der Waals surface area (Å²) >= 11 is 0. The van der Waals surface area contributed by atoms with Gasteiger partial charge in [0.2, 0.25) is 0 Å². The van der Waals surface area contributed by atoms with E-state index in [1.165, 1.54) is 22.3 Å². The molecule has 0 amide bonds. The van der Waals surface area contributed by atoms with Gasteiger partial charge in [0.25, 0.3) is 0 Å². The largest absolute Gasteiger partial charge is 0.374 e. The molecule has 26 heavy (non-hydrogen) atoms. The lowest BCUT2D eigenvalue weighted by Gasteiger charge is -2.24. The first-order valence-electron chi connectivity index (χ1n) is 8.93. The number of para-hydroxylation sites is 1. The minimum atomic E-state index is 0.0787. The summed E-state index contributed by atoms with van der Waals surface area (Å²) in [7, 11) is 0. The average molecular weight is 335 g/mol. The molecule has 0 heterocycles. The van der Waals surface area contributed by atoms with E-state index < -0.39 is 0 Å². The van der Waals surface area contributed by atoms with E-state index in [9.17, 15) is 0 Å². The van der Waals surface area contributed by atoms with Crippen LogP contribution in [0.5, 0.6) is 0 Å². The molecular weight excluding hydrogens is 314 g/mol. The fourth-order valence-electron chi connectivity index (χ4n) is 3.32. The normalized spacial score (nSPS) is 11.7. The summed E-state index contributed by atoms with van der Waals surface area (Å²) < 4.78 is 0. The number of nitrogens with one attached hydrogen (secondary N) is 1. The maximum atomic E-state index is 3.72. The third-order valence-corrected chi connectivity index (χ3v) is 4.57. The van der Waals surface area contributed by atoms with Gasteiger partial charge >= 0.3 is 0 Å². The van der Waals surface area contributed by atoms with E-state index in [2.05, 4.69) is 115 Å². The molecule has 0 bridgehead atoms. The van der Waals surface area contributed by atoms with Crippen molar-refractivity contribution in [3.05, 3.63) is 126 Å². The number of benzene rings is 4. The van der Waals surface area contributed by atoms with Crippen molar-refractivity contribution in [3.8, 4) is 11.1 Å². The van der Waals surface area contributed by atoms with Crippen molar-refractivity contribution in [3.63, 3.8) is 0 Å². The zero-order valence-corrected chi connectivity index (χ0v) is 14.5. The van der Waals surface area contributed by atoms with Gasteiger partial charge in [-0.15, -0.1) is 0 Å². The van der Waals surface area contributed by atoms with Crippen molar-refractivity contribution in [1.82, 2.24) is 0 Å². The van der Waals surface area contributed by atoms with Crippen molar-refractivity contribution < 1.29 is 0 Å². The second-order valence-electron chi connectivity index (χ2n) is 6.31. The van der Waals surface area contributed by atoms with Crippen LogP contribution in [0.4, 0.5) is 5.69 Å². The molecule has 0 spiro atoms. The lowest BCUT2D eigenvalue weighted by molar-refractivity contribution is 0.942. The topological polar surface area (TPSA) is 12.0 Å². The summed E-state index contributed by atoms with van der Waals surface area (Å²) in [5.74, 6) is 0. The molecule has 0 saturated carbocycles. The van der Waals surface area contributed by atoms with Crippen LogP contribution in [-0.2, 0) is 0 Å². The Balaban J connectivity index is 1.82. The summed E-state index contributed by atoms with van der Waals surface area (Å²) in [4.78, 5) is 0. The van der Waals surface area contributed by atoms with Gasteiger partial charge in [-0.05, 0) is 34.4 Å². The van der Waals surface area contributed by atoms with Crippen LogP contribution >= 0.6 is 0 Å². The fourth-order valence-corrected chi connectivity index (χ4v) is 3.32. The molecule has 1 heteroatoms. The molecule has 1 atom stereocenters. The first-order chi connectivity index (χ1) is 12.9. The molecule has 4 aromatic carbocycles. The highest BCUT2D eigenvalue weighted by Gasteiger charge is 2.17. The third kappa shape index (κ3) is 3.52. The van der Waals surface area contributed by atoms with Gasteiger partial charge in [0.1, 0.15) is 0 Å². The highest BCUT2D eigenvalue weighted by molar-refractivity contribution is 5.70. The standard InChI is InChI=1S/C25H21N/c1-4-12-20(13-5-1)23-18-10-11-19-24(23)25(21-14-6-2-7-15-21)26-22-16-8-3-9-17-22/h1-19,25-26H. The molecule has 1 unspecified atom stereocenters. The van der Waals surface area contributed by atoms with Gasteiger partial charge in [-0.1, -0.05) is 103 Å². The minimum absolute atomic E-state index is 0.0787. The lowest BCUT2D eigenvalue weighted by Crippen LogP contribution is -2.13. The Labute approximate surface area is 155 Å². The predicted octanol–water partition coefficient (Wildman–Crippen LogP) is 6.56. The first kappa shape index (κ1) is 16.2. The fraction of sp³-hybridized carbons (Fsp3) is 0.0400. The molecule has 4 aromatic rings. The van der Waals surface area contributed by atoms with Crippen molar-refractivity contribution in [2.24, 2.45) is 0 Å². The van der Waals surface area contributed by atoms with E-state index in [1.54, 1.807) is 0 Å². The predicted molar refractivity (Wildman–Crippen MR) is 110 cm³/mol. The summed E-state index contributed by atoms with van der Waals surface area (Å²) in [6, 6.07) is 40.3. The van der Waals surface area contributed by atoms with E-state index in [0.717, 1.165) is 5.69 Å². The molecule has 0 saturated heterocycles. The van der Waals surface area contributed by atoms with Crippen LogP contribution in [0.15, 0.2) is 115 Å². The van der Waals surface area contributed by atoms with Gasteiger partial charge in [-0.3, -0.25) is 0 Å². The minimum Gasteiger partial charge on any atom is -0.374 e. The second-order valence-corrected chi connectivity index (χ2v) is 6.31. The Morgan fingerprint density at radius 1 is 0.500 bits per heavy atom. The van der Waals surface area contributed by atoms with E-state index >= 15 is 0 Å². The molecule has 0 aliphatic carbocycles. The van der Waals surface area contributed by atoms with Crippen molar-refractivity contribution >= 4 is 5.69 Å². The van der Waals surface area contributed by atoms with E-state index in [1.807, 2.05) is 6.07 Å². The van der Waals surface area contributed by atoms with E-state index in [0.29, 0.717) is 0 Å². The highest BCUT2D eigenvalue weighted by Crippen LogP contribution is 2.34. The van der Waals surface area contributed by atoms with Gasteiger partial charge < -0.3 is 5.32 Å². The van der Waals surface area contributed by atoms with Gasteiger partial charge in [0, 0.05) is 5.69 Å². The third-order valence-electron chi connectivity index (χ3n) is 4.57. The van der Waals surface area contributed by atoms with Crippen LogP contribution in [0.3, 0.4) is 0 Å². The number of anilines is 1. The average Bonchev–Trinajstić information content (AvgIpc) is 2.74. The molecular formula is C25H21N. The Morgan fingerprint density at radius 2 is 1.04 bits per heavy atom. The van der Waals surface area contributed by atoms with Crippen LogP contribution < -0.4 is 5.32 Å². The quantitative estimate of drug-likeness (QED) is 0.436. The van der Waals surface area contributed by atoms with Gasteiger partial charge in [0.15, 0.2) is 0 Å². The Bertz CT molecular complexity index is 947. The zero-order valence-electron chi connectivity index (χ0n) is 14.5. The summed E-state index contributed by atoms with van der Waals surface area (Å²) in [5.41, 5.74) is 6.13. The van der Waals surface area contributed by atoms with Crippen molar-refractivity contribution in [2.45, 2.75) is 6.04 Å². The van der Waals surface area contributed by atoms with Gasteiger partial charge in [-0.2, -0.15) is 0 Å². The second kappa shape index (κ2) is 7.71. The van der Waals surface area contributed by atoms with Crippen LogP contribution in [0, 0.1) is 0 Å². The molecule has 0 aliphatic rings. The van der Waals surface area contributed by atoms with Crippen LogP contribution in [0.25, 0.3) is 11.1 Å². The van der Waals surface area contributed by atoms with Crippen molar-refractivity contribution in [2.75, 3.05) is 5.32 Å². The summed E-state index contributed by atoms with van der Waals surface area (Å²) in [5, 5.41) is 3.72. The lowest BCUT2D eigenvalue weighted by atomic mass is 9.91. The Kier molecular flexibility index (Phi) is 4.79. The summed E-state index contributed by atoms with van der Waals surface area (Å²) in [6.45, 7) is 0. The zero-order chi connectivity index (χ0) is 17.6. The molecule has 0 radical (unpaired) electrons. The van der Waals surface area contributed by atoms with Crippen LogP contribution in [-0.4, -0.2) is 0 Å². The molecule has 1 N–H and O–H groups in total. The van der Waals surface area contributed by atoms with Crippen LogP contribution in [0.1, 0.15) is 17.2 Å². The van der Waals surface area contributed by atoms with Crippen LogP contribution in [0.2, 0.25) is 0 Å². The maximum Gasteiger partial charge on any atom is 0.0773 e. The highest BCUT2D eigenvalue weighted by atomic mass is 14.9. The summed E-state index contributed by atoms with van der Waals surface area (Å²) in [6.07, 6.45) is 0. The monoisotopic (exact) mass is 335 g/mol. The van der Waals surface area contributed by atoms with Crippen molar-refractivity contribution in [1.29, 1.82) is 0 Å². The molecule has 0 fully saturated rings. The molecule has 1 nitrogen and oxygen atoms in total. The molecule has 0 aromatic heterocycles. The number of hydrogen-bond donors (Lipinski definition) is 1. The van der Waals surface area contributed by atoms with E-state index in [-0.39, 0.29) is 6.04 Å². The number of rotatable bonds is 5. The Hall–Kier alpha value is -3.32. The van der Waals surface area contributed by atoms with Gasteiger partial charge in [-0.25, -0.2) is 0 Å². The smallest absolute Gasteiger partial charge is 0.0773 e.